The summed E-state index contributed by atoms with van der Waals surface area (Å²) in [5.74, 6) is 0.864. The third-order valence-corrected chi connectivity index (χ3v) is 1.87. The van der Waals surface area contributed by atoms with Gasteiger partial charge in [0.25, 0.3) is 0 Å². The van der Waals surface area contributed by atoms with Crippen molar-refractivity contribution in [1.29, 1.82) is 0 Å². The predicted molar refractivity (Wildman–Crippen MR) is 59.0 cm³/mol. The lowest BCUT2D eigenvalue weighted by Gasteiger charge is -2.05. The Labute approximate surface area is 87.3 Å². The van der Waals surface area contributed by atoms with Gasteiger partial charge in [0, 0.05) is 0 Å². The molecule has 0 aliphatic rings. The van der Waals surface area contributed by atoms with Gasteiger partial charge in [-0.2, -0.15) is 0 Å². The minimum atomic E-state index is -0.103. The van der Waals surface area contributed by atoms with Crippen LogP contribution in [0.15, 0.2) is 12.2 Å². The molecule has 0 unspecified atom stereocenters. The van der Waals surface area contributed by atoms with E-state index in [-0.39, 0.29) is 11.9 Å². The van der Waals surface area contributed by atoms with Crippen LogP contribution in [-0.4, -0.2) is 12.6 Å². The average molecular weight is 198 g/mol. The highest BCUT2D eigenvalue weighted by atomic mass is 16.5. The second-order valence-corrected chi connectivity index (χ2v) is 4.04. The summed E-state index contributed by atoms with van der Waals surface area (Å²) >= 11 is 0. The molecule has 2 nitrogen and oxygen atoms in total. The molecule has 0 N–H and O–H groups in total. The highest BCUT2D eigenvalue weighted by Gasteiger charge is 2.06. The van der Waals surface area contributed by atoms with E-state index in [0.29, 0.717) is 18.9 Å². The first-order valence-electron chi connectivity index (χ1n) is 5.38. The minimum absolute atomic E-state index is 0.103. The molecule has 0 spiro atoms. The van der Waals surface area contributed by atoms with Crippen LogP contribution >= 0.6 is 0 Å². The highest BCUT2D eigenvalue weighted by Crippen LogP contribution is 2.08. The predicted octanol–water partition coefficient (Wildman–Crippen LogP) is 3.18. The largest absolute Gasteiger partial charge is 0.466 e. The molecule has 0 aromatic heterocycles. The van der Waals surface area contributed by atoms with E-state index >= 15 is 0 Å². The van der Waals surface area contributed by atoms with Gasteiger partial charge >= 0.3 is 5.97 Å². The van der Waals surface area contributed by atoms with Crippen LogP contribution in [0.1, 0.15) is 40.5 Å². The zero-order valence-electron chi connectivity index (χ0n) is 9.75. The molecule has 0 aromatic rings. The van der Waals surface area contributed by atoms with Crippen molar-refractivity contribution >= 4 is 5.97 Å². The fraction of sp³-hybridized carbons (Fsp3) is 0.750. The van der Waals surface area contributed by atoms with Crippen molar-refractivity contribution in [3.05, 3.63) is 12.2 Å². The highest BCUT2D eigenvalue weighted by molar-refractivity contribution is 5.69. The van der Waals surface area contributed by atoms with Gasteiger partial charge in [-0.05, 0) is 25.2 Å². The Bertz CT molecular complexity index is 183. The minimum Gasteiger partial charge on any atom is -0.466 e. The molecule has 2 heteroatoms. The van der Waals surface area contributed by atoms with Gasteiger partial charge in [-0.1, -0.05) is 32.9 Å². The maximum Gasteiger partial charge on any atom is 0.306 e. The Hall–Kier alpha value is -0.790. The van der Waals surface area contributed by atoms with Crippen LogP contribution in [0.2, 0.25) is 0 Å². The quantitative estimate of drug-likeness (QED) is 0.484. The number of hydrogen-bond acceptors (Lipinski definition) is 2. The van der Waals surface area contributed by atoms with Crippen molar-refractivity contribution in [3.8, 4) is 0 Å². The summed E-state index contributed by atoms with van der Waals surface area (Å²) in [7, 11) is 0. The third-order valence-electron chi connectivity index (χ3n) is 1.87. The van der Waals surface area contributed by atoms with Crippen molar-refractivity contribution < 1.29 is 9.53 Å². The van der Waals surface area contributed by atoms with E-state index in [1.807, 2.05) is 13.8 Å². The standard InChI is InChI=1S/C12H22O2/c1-5-14-12(13)9-11(4)8-6-7-10(2)3/h6,8,10-11H,5,7,9H2,1-4H3/b8-6+/t11-/m1/s1. The molecule has 0 rings (SSSR count). The van der Waals surface area contributed by atoms with Crippen LogP contribution in [0.25, 0.3) is 0 Å². The number of rotatable bonds is 6. The number of hydrogen-bond donors (Lipinski definition) is 0. The molecule has 82 valence electrons. The maximum atomic E-state index is 11.1. The smallest absolute Gasteiger partial charge is 0.306 e. The normalized spacial score (nSPS) is 13.5. The van der Waals surface area contributed by atoms with Gasteiger partial charge in [-0.25, -0.2) is 0 Å². The molecule has 0 fully saturated rings. The molecule has 0 saturated heterocycles. The fourth-order valence-corrected chi connectivity index (χ4v) is 1.13. The van der Waals surface area contributed by atoms with Gasteiger partial charge in [0.15, 0.2) is 0 Å². The van der Waals surface area contributed by atoms with Crippen molar-refractivity contribution in [2.45, 2.75) is 40.5 Å². The second-order valence-electron chi connectivity index (χ2n) is 4.04. The molecule has 0 aliphatic heterocycles. The molecular formula is C12H22O2. The van der Waals surface area contributed by atoms with E-state index in [0.717, 1.165) is 6.42 Å². The van der Waals surface area contributed by atoms with Crippen LogP contribution < -0.4 is 0 Å². The molecule has 0 amide bonds. The Morgan fingerprint density at radius 2 is 2.00 bits per heavy atom. The Balaban J connectivity index is 3.68. The van der Waals surface area contributed by atoms with E-state index in [1.165, 1.54) is 0 Å². The zero-order chi connectivity index (χ0) is 11.0. The van der Waals surface area contributed by atoms with Gasteiger partial charge in [0.05, 0.1) is 13.0 Å². The van der Waals surface area contributed by atoms with Gasteiger partial charge < -0.3 is 4.74 Å². The van der Waals surface area contributed by atoms with E-state index in [4.69, 9.17) is 4.74 Å². The Morgan fingerprint density at radius 3 is 2.50 bits per heavy atom. The lowest BCUT2D eigenvalue weighted by Crippen LogP contribution is -2.07. The summed E-state index contributed by atoms with van der Waals surface area (Å²) < 4.78 is 4.87. The van der Waals surface area contributed by atoms with Gasteiger partial charge in [-0.15, -0.1) is 0 Å². The van der Waals surface area contributed by atoms with Crippen molar-refractivity contribution in [2.75, 3.05) is 6.61 Å². The van der Waals surface area contributed by atoms with Gasteiger partial charge in [-0.3, -0.25) is 4.79 Å². The fourth-order valence-electron chi connectivity index (χ4n) is 1.13. The summed E-state index contributed by atoms with van der Waals surface area (Å²) in [4.78, 5) is 11.1. The van der Waals surface area contributed by atoms with Crippen LogP contribution in [0, 0.1) is 11.8 Å². The zero-order valence-corrected chi connectivity index (χ0v) is 9.75. The van der Waals surface area contributed by atoms with Crippen LogP contribution in [0.4, 0.5) is 0 Å². The lowest BCUT2D eigenvalue weighted by molar-refractivity contribution is -0.143. The van der Waals surface area contributed by atoms with E-state index < -0.39 is 0 Å². The summed E-state index contributed by atoms with van der Waals surface area (Å²) in [5.41, 5.74) is 0. The number of esters is 1. The first kappa shape index (κ1) is 13.2. The topological polar surface area (TPSA) is 26.3 Å². The molecule has 14 heavy (non-hydrogen) atoms. The SMILES string of the molecule is CCOC(=O)C[C@H](C)/C=C/CC(C)C. The molecule has 0 aromatic carbocycles. The van der Waals surface area contributed by atoms with E-state index in [9.17, 15) is 4.79 Å². The molecular weight excluding hydrogens is 176 g/mol. The van der Waals surface area contributed by atoms with Crippen molar-refractivity contribution in [3.63, 3.8) is 0 Å². The van der Waals surface area contributed by atoms with Crippen LogP contribution in [0.5, 0.6) is 0 Å². The van der Waals surface area contributed by atoms with Crippen LogP contribution in [0.3, 0.4) is 0 Å². The molecule has 0 heterocycles. The summed E-state index contributed by atoms with van der Waals surface area (Å²) in [6, 6.07) is 0. The van der Waals surface area contributed by atoms with E-state index in [1.54, 1.807) is 0 Å². The molecule has 0 aliphatic carbocycles. The maximum absolute atomic E-state index is 11.1. The molecule has 0 radical (unpaired) electrons. The number of carbonyl (C=O) groups excluding carboxylic acids is 1. The molecule has 0 saturated carbocycles. The van der Waals surface area contributed by atoms with E-state index in [2.05, 4.69) is 26.0 Å². The number of carbonyl (C=O) groups is 1. The first-order valence-corrected chi connectivity index (χ1v) is 5.38. The molecule has 0 bridgehead atoms. The lowest BCUT2D eigenvalue weighted by atomic mass is 10.0. The summed E-state index contributed by atoms with van der Waals surface area (Å²) in [6.45, 7) is 8.70. The average Bonchev–Trinajstić information content (AvgIpc) is 2.03. The Kier molecular flexibility index (Phi) is 7.17. The van der Waals surface area contributed by atoms with Crippen LogP contribution in [-0.2, 0) is 9.53 Å². The van der Waals surface area contributed by atoms with Crippen molar-refractivity contribution in [2.24, 2.45) is 11.8 Å². The van der Waals surface area contributed by atoms with Gasteiger partial charge in [0.2, 0.25) is 0 Å². The first-order chi connectivity index (χ1) is 6.56. The molecule has 1 atom stereocenters. The summed E-state index contributed by atoms with van der Waals surface area (Å²) in [5, 5.41) is 0. The number of ether oxygens (including phenoxy) is 1. The summed E-state index contributed by atoms with van der Waals surface area (Å²) in [6.07, 6.45) is 5.81. The van der Waals surface area contributed by atoms with Crippen molar-refractivity contribution in [1.82, 2.24) is 0 Å². The second kappa shape index (κ2) is 7.60. The Morgan fingerprint density at radius 1 is 1.36 bits per heavy atom. The monoisotopic (exact) mass is 198 g/mol. The third kappa shape index (κ3) is 7.84. The van der Waals surface area contributed by atoms with Gasteiger partial charge in [0.1, 0.15) is 0 Å². The number of allylic oxidation sites excluding steroid dienone is 2.